The van der Waals surface area contributed by atoms with Crippen molar-refractivity contribution in [3.63, 3.8) is 0 Å². The maximum Gasteiger partial charge on any atom is 0.290 e. The number of hydrogen-bond acceptors (Lipinski definition) is 3. The highest BCUT2D eigenvalue weighted by molar-refractivity contribution is 6.36. The Balaban J connectivity index is 1.62. The molecule has 2 amide bonds. The van der Waals surface area contributed by atoms with Crippen LogP contribution in [-0.2, 0) is 20.8 Å². The zero-order valence-corrected chi connectivity index (χ0v) is 15.7. The number of piperazine rings is 1. The molecule has 0 bridgehead atoms. The molecule has 3 rings (SSSR count). The first kappa shape index (κ1) is 18.8. The van der Waals surface area contributed by atoms with Crippen LogP contribution in [0.1, 0.15) is 24.5 Å². The average Bonchev–Trinajstić information content (AvgIpc) is 2.68. The summed E-state index contributed by atoms with van der Waals surface area (Å²) in [6, 6.07) is 17.1. The van der Waals surface area contributed by atoms with E-state index < -0.39 is 11.7 Å². The van der Waals surface area contributed by atoms with Gasteiger partial charge in [-0.05, 0) is 38.0 Å². The minimum absolute atomic E-state index is 0.0645. The zero-order valence-electron chi connectivity index (χ0n) is 15.7. The topological polar surface area (TPSA) is 57.7 Å². The molecule has 0 radical (unpaired) electrons. The van der Waals surface area contributed by atoms with E-state index in [1.54, 1.807) is 4.90 Å². The smallest absolute Gasteiger partial charge is 0.290 e. The molecule has 0 saturated carbocycles. The standard InChI is InChI=1S/C22H24N2O3/c1-16-8-11-19(12-9-16)24-14-17(2)23(15-21(24)26)22(27)20(25)13-10-18-6-4-3-5-7-18/h3-9,11-12,17H,10,13-15H2,1-2H3. The number of Topliss-reactive ketones (excluding diaryl/α,β-unsaturated/α-hetero) is 1. The van der Waals surface area contributed by atoms with Gasteiger partial charge < -0.3 is 9.80 Å². The van der Waals surface area contributed by atoms with Crippen LogP contribution in [0, 0.1) is 6.92 Å². The van der Waals surface area contributed by atoms with E-state index in [-0.39, 0.29) is 24.9 Å². The van der Waals surface area contributed by atoms with E-state index in [1.807, 2.05) is 68.4 Å². The predicted octanol–water partition coefficient (Wildman–Crippen LogP) is 2.76. The Hall–Kier alpha value is -2.95. The number of carbonyl (C=O) groups excluding carboxylic acids is 3. The van der Waals surface area contributed by atoms with Gasteiger partial charge in [-0.15, -0.1) is 0 Å². The van der Waals surface area contributed by atoms with Gasteiger partial charge in [0, 0.05) is 24.7 Å². The first-order valence-electron chi connectivity index (χ1n) is 9.20. The number of aryl methyl sites for hydroxylation is 2. The van der Waals surface area contributed by atoms with Crippen molar-refractivity contribution in [1.82, 2.24) is 4.90 Å². The minimum atomic E-state index is -0.560. The molecule has 0 aliphatic carbocycles. The molecule has 140 valence electrons. The van der Waals surface area contributed by atoms with Gasteiger partial charge in [0.25, 0.3) is 5.91 Å². The number of carbonyl (C=O) groups is 3. The summed E-state index contributed by atoms with van der Waals surface area (Å²) in [6.07, 6.45) is 0.680. The molecule has 1 aliphatic heterocycles. The van der Waals surface area contributed by atoms with Gasteiger partial charge in [-0.3, -0.25) is 14.4 Å². The molecule has 0 N–H and O–H groups in total. The Kier molecular flexibility index (Phi) is 5.69. The van der Waals surface area contributed by atoms with Gasteiger partial charge in [-0.25, -0.2) is 0 Å². The summed E-state index contributed by atoms with van der Waals surface area (Å²) in [7, 11) is 0. The highest BCUT2D eigenvalue weighted by atomic mass is 16.2. The van der Waals surface area contributed by atoms with Gasteiger partial charge in [-0.1, -0.05) is 48.0 Å². The van der Waals surface area contributed by atoms with Crippen LogP contribution in [0.3, 0.4) is 0 Å². The van der Waals surface area contributed by atoms with Gasteiger partial charge in [0.1, 0.15) is 6.54 Å². The molecule has 0 aromatic heterocycles. The zero-order chi connectivity index (χ0) is 19.4. The van der Waals surface area contributed by atoms with Crippen molar-refractivity contribution in [3.8, 4) is 0 Å². The van der Waals surface area contributed by atoms with Crippen molar-refractivity contribution < 1.29 is 14.4 Å². The van der Waals surface area contributed by atoms with Crippen LogP contribution in [0.15, 0.2) is 54.6 Å². The van der Waals surface area contributed by atoms with Crippen LogP contribution in [0.4, 0.5) is 5.69 Å². The summed E-state index contributed by atoms with van der Waals surface area (Å²) in [5.74, 6) is -1.17. The molecule has 1 aliphatic rings. The van der Waals surface area contributed by atoms with Crippen LogP contribution >= 0.6 is 0 Å². The first-order chi connectivity index (χ1) is 13.0. The monoisotopic (exact) mass is 364 g/mol. The molecular weight excluding hydrogens is 340 g/mol. The quantitative estimate of drug-likeness (QED) is 0.767. The largest absolute Gasteiger partial charge is 0.322 e. The SMILES string of the molecule is Cc1ccc(N2CC(C)N(C(=O)C(=O)CCc3ccccc3)CC2=O)cc1. The fraction of sp³-hybridized carbons (Fsp3) is 0.318. The summed E-state index contributed by atoms with van der Waals surface area (Å²) in [5.41, 5.74) is 2.96. The van der Waals surface area contributed by atoms with Crippen molar-refractivity contribution in [2.24, 2.45) is 0 Å². The van der Waals surface area contributed by atoms with E-state index in [4.69, 9.17) is 0 Å². The number of rotatable bonds is 5. The van der Waals surface area contributed by atoms with Crippen LogP contribution < -0.4 is 4.90 Å². The van der Waals surface area contributed by atoms with Gasteiger partial charge >= 0.3 is 0 Å². The van der Waals surface area contributed by atoms with E-state index in [0.717, 1.165) is 16.8 Å². The molecule has 2 aromatic carbocycles. The Labute approximate surface area is 159 Å². The molecule has 0 spiro atoms. The second-order valence-electron chi connectivity index (χ2n) is 7.03. The molecule has 5 nitrogen and oxygen atoms in total. The maximum absolute atomic E-state index is 12.6. The lowest BCUT2D eigenvalue weighted by Crippen LogP contribution is -2.58. The summed E-state index contributed by atoms with van der Waals surface area (Å²) in [6.45, 7) is 4.19. The Bertz CT molecular complexity index is 830. The molecular formula is C22H24N2O3. The van der Waals surface area contributed by atoms with E-state index in [0.29, 0.717) is 13.0 Å². The third kappa shape index (κ3) is 4.42. The Morgan fingerprint density at radius 3 is 2.37 bits per heavy atom. The Morgan fingerprint density at radius 1 is 1.04 bits per heavy atom. The second kappa shape index (κ2) is 8.16. The molecule has 2 aromatic rings. The van der Waals surface area contributed by atoms with Crippen LogP contribution in [0.25, 0.3) is 0 Å². The maximum atomic E-state index is 12.6. The van der Waals surface area contributed by atoms with Crippen LogP contribution in [0.2, 0.25) is 0 Å². The number of nitrogens with zero attached hydrogens (tertiary/aromatic N) is 2. The van der Waals surface area contributed by atoms with Gasteiger partial charge in [0.2, 0.25) is 11.7 Å². The van der Waals surface area contributed by atoms with Crippen molar-refractivity contribution >= 4 is 23.3 Å². The molecule has 5 heteroatoms. The van der Waals surface area contributed by atoms with Crippen molar-refractivity contribution in [1.29, 1.82) is 0 Å². The fourth-order valence-electron chi connectivity index (χ4n) is 3.27. The number of hydrogen-bond donors (Lipinski definition) is 0. The van der Waals surface area contributed by atoms with E-state index in [2.05, 4.69) is 0 Å². The lowest BCUT2D eigenvalue weighted by atomic mass is 10.1. The number of amides is 2. The van der Waals surface area contributed by atoms with E-state index in [1.165, 1.54) is 4.90 Å². The average molecular weight is 364 g/mol. The number of anilines is 1. The van der Waals surface area contributed by atoms with Gasteiger partial charge in [-0.2, -0.15) is 0 Å². The second-order valence-corrected chi connectivity index (χ2v) is 7.03. The van der Waals surface area contributed by atoms with Crippen LogP contribution in [0.5, 0.6) is 0 Å². The lowest BCUT2D eigenvalue weighted by molar-refractivity contribution is -0.148. The lowest BCUT2D eigenvalue weighted by Gasteiger charge is -2.39. The predicted molar refractivity (Wildman–Crippen MR) is 104 cm³/mol. The minimum Gasteiger partial charge on any atom is -0.322 e. The van der Waals surface area contributed by atoms with Gasteiger partial charge in [0.05, 0.1) is 0 Å². The number of benzene rings is 2. The fourth-order valence-corrected chi connectivity index (χ4v) is 3.27. The molecule has 1 unspecified atom stereocenters. The van der Waals surface area contributed by atoms with Gasteiger partial charge in [0.15, 0.2) is 0 Å². The van der Waals surface area contributed by atoms with Crippen molar-refractivity contribution in [2.45, 2.75) is 32.7 Å². The summed E-state index contributed by atoms with van der Waals surface area (Å²) in [4.78, 5) is 40.6. The molecule has 1 saturated heterocycles. The third-order valence-electron chi connectivity index (χ3n) is 4.91. The van der Waals surface area contributed by atoms with Crippen molar-refractivity contribution in [3.05, 3.63) is 65.7 Å². The molecule has 1 heterocycles. The summed E-state index contributed by atoms with van der Waals surface area (Å²) < 4.78 is 0. The Morgan fingerprint density at radius 2 is 1.70 bits per heavy atom. The normalized spacial score (nSPS) is 17.1. The summed E-state index contributed by atoms with van der Waals surface area (Å²) >= 11 is 0. The third-order valence-corrected chi connectivity index (χ3v) is 4.91. The summed E-state index contributed by atoms with van der Waals surface area (Å²) in [5, 5.41) is 0. The van der Waals surface area contributed by atoms with Crippen LogP contribution in [-0.4, -0.2) is 41.6 Å². The molecule has 27 heavy (non-hydrogen) atoms. The van der Waals surface area contributed by atoms with E-state index in [9.17, 15) is 14.4 Å². The molecule has 1 atom stereocenters. The number of ketones is 1. The first-order valence-corrected chi connectivity index (χ1v) is 9.20. The van der Waals surface area contributed by atoms with Crippen molar-refractivity contribution in [2.75, 3.05) is 18.0 Å². The highest BCUT2D eigenvalue weighted by Gasteiger charge is 2.35. The molecule has 1 fully saturated rings. The highest BCUT2D eigenvalue weighted by Crippen LogP contribution is 2.21. The van der Waals surface area contributed by atoms with E-state index >= 15 is 0 Å².